The van der Waals surface area contributed by atoms with E-state index in [2.05, 4.69) is 36.1 Å². The van der Waals surface area contributed by atoms with Gasteiger partial charge in [0.15, 0.2) is 0 Å². The van der Waals surface area contributed by atoms with Gasteiger partial charge in [-0.2, -0.15) is 0 Å². The molecule has 1 saturated heterocycles. The van der Waals surface area contributed by atoms with Crippen molar-refractivity contribution in [2.24, 2.45) is 0 Å². The van der Waals surface area contributed by atoms with Crippen LogP contribution in [0.4, 0.5) is 0 Å². The summed E-state index contributed by atoms with van der Waals surface area (Å²) in [5.41, 5.74) is 0. The number of hydrogen-bond donors (Lipinski definition) is 1. The number of piperazine rings is 1. The van der Waals surface area contributed by atoms with Crippen LogP contribution in [0, 0.1) is 0 Å². The standard InChI is InChI=1S/C13H27N3/c1-11-9-16(12-6-4-5-7-12)10-13(8-14-2)15(11)3/h11-14H,4-10H2,1-3H3. The Balaban J connectivity index is 1.95. The lowest BCUT2D eigenvalue weighted by molar-refractivity contribution is 0.0287. The van der Waals surface area contributed by atoms with E-state index in [0.29, 0.717) is 12.1 Å². The first-order valence-electron chi connectivity index (χ1n) is 6.83. The number of nitrogens with zero attached hydrogens (tertiary/aromatic N) is 2. The van der Waals surface area contributed by atoms with E-state index in [-0.39, 0.29) is 0 Å². The van der Waals surface area contributed by atoms with Gasteiger partial charge in [-0.25, -0.2) is 0 Å². The van der Waals surface area contributed by atoms with Crippen LogP contribution in [0.2, 0.25) is 0 Å². The molecule has 2 unspecified atom stereocenters. The highest BCUT2D eigenvalue weighted by Gasteiger charge is 2.33. The van der Waals surface area contributed by atoms with Gasteiger partial charge in [-0.1, -0.05) is 12.8 Å². The second kappa shape index (κ2) is 5.48. The summed E-state index contributed by atoms with van der Waals surface area (Å²) >= 11 is 0. The van der Waals surface area contributed by atoms with Crippen LogP contribution in [-0.2, 0) is 0 Å². The number of nitrogens with one attached hydrogen (secondary N) is 1. The Morgan fingerprint density at radius 2 is 1.88 bits per heavy atom. The SMILES string of the molecule is CNCC1CN(C2CCCC2)CC(C)N1C. The van der Waals surface area contributed by atoms with Gasteiger partial charge in [-0.3, -0.25) is 9.80 Å². The first-order valence-corrected chi connectivity index (χ1v) is 6.83. The van der Waals surface area contributed by atoms with Crippen molar-refractivity contribution < 1.29 is 0 Å². The van der Waals surface area contributed by atoms with Gasteiger partial charge in [0.1, 0.15) is 0 Å². The Bertz CT molecular complexity index is 213. The summed E-state index contributed by atoms with van der Waals surface area (Å²) < 4.78 is 0. The average Bonchev–Trinajstić information content (AvgIpc) is 2.78. The zero-order valence-electron chi connectivity index (χ0n) is 11.1. The molecule has 0 amide bonds. The Labute approximate surface area is 100 Å². The van der Waals surface area contributed by atoms with Crippen LogP contribution in [0.1, 0.15) is 32.6 Å². The minimum atomic E-state index is 0.689. The molecular weight excluding hydrogens is 198 g/mol. The average molecular weight is 225 g/mol. The van der Waals surface area contributed by atoms with Crippen molar-refractivity contribution in [2.75, 3.05) is 33.7 Å². The number of likely N-dealkylation sites (N-methyl/N-ethyl adjacent to an activating group) is 2. The molecule has 1 N–H and O–H groups in total. The molecule has 0 bridgehead atoms. The van der Waals surface area contributed by atoms with Crippen LogP contribution in [0.25, 0.3) is 0 Å². The molecule has 1 saturated carbocycles. The molecular formula is C13H27N3. The fraction of sp³-hybridized carbons (Fsp3) is 1.00. The summed E-state index contributed by atoms with van der Waals surface area (Å²) in [4.78, 5) is 5.29. The Hall–Kier alpha value is -0.120. The molecule has 2 rings (SSSR count). The smallest absolute Gasteiger partial charge is 0.0348 e. The van der Waals surface area contributed by atoms with Gasteiger partial charge in [0.25, 0.3) is 0 Å². The molecule has 2 atom stereocenters. The van der Waals surface area contributed by atoms with E-state index >= 15 is 0 Å². The maximum Gasteiger partial charge on any atom is 0.0348 e. The minimum absolute atomic E-state index is 0.689. The van der Waals surface area contributed by atoms with Crippen molar-refractivity contribution in [2.45, 2.75) is 50.7 Å². The Kier molecular flexibility index (Phi) is 4.22. The Morgan fingerprint density at radius 3 is 2.50 bits per heavy atom. The maximum absolute atomic E-state index is 3.33. The molecule has 0 radical (unpaired) electrons. The van der Waals surface area contributed by atoms with Gasteiger partial charge >= 0.3 is 0 Å². The molecule has 0 aromatic carbocycles. The van der Waals surface area contributed by atoms with E-state index in [1.54, 1.807) is 0 Å². The van der Waals surface area contributed by atoms with Crippen molar-refractivity contribution in [1.29, 1.82) is 0 Å². The summed E-state index contributed by atoms with van der Waals surface area (Å²) in [6.07, 6.45) is 5.76. The summed E-state index contributed by atoms with van der Waals surface area (Å²) in [5, 5.41) is 3.33. The third-order valence-corrected chi connectivity index (χ3v) is 4.50. The van der Waals surface area contributed by atoms with Gasteiger partial charge in [-0.05, 0) is 33.9 Å². The summed E-state index contributed by atoms with van der Waals surface area (Å²) in [5.74, 6) is 0. The van der Waals surface area contributed by atoms with Crippen LogP contribution in [-0.4, -0.2) is 61.7 Å². The first-order chi connectivity index (χ1) is 7.72. The van der Waals surface area contributed by atoms with Crippen molar-refractivity contribution in [3.8, 4) is 0 Å². The lowest BCUT2D eigenvalue weighted by Gasteiger charge is -2.46. The Morgan fingerprint density at radius 1 is 1.19 bits per heavy atom. The fourth-order valence-electron chi connectivity index (χ4n) is 3.31. The van der Waals surface area contributed by atoms with Crippen molar-refractivity contribution in [3.05, 3.63) is 0 Å². The lowest BCUT2D eigenvalue weighted by atomic mass is 10.0. The van der Waals surface area contributed by atoms with E-state index in [1.807, 2.05) is 0 Å². The predicted octanol–water partition coefficient (Wildman–Crippen LogP) is 1.15. The third-order valence-electron chi connectivity index (χ3n) is 4.50. The van der Waals surface area contributed by atoms with E-state index < -0.39 is 0 Å². The number of rotatable bonds is 3. The van der Waals surface area contributed by atoms with Gasteiger partial charge < -0.3 is 5.32 Å². The molecule has 1 aliphatic heterocycles. The van der Waals surface area contributed by atoms with Gasteiger partial charge in [-0.15, -0.1) is 0 Å². The normalized spacial score (nSPS) is 34.7. The number of hydrogen-bond acceptors (Lipinski definition) is 3. The summed E-state index contributed by atoms with van der Waals surface area (Å²) in [6, 6.07) is 2.28. The lowest BCUT2D eigenvalue weighted by Crippen LogP contribution is -2.60. The molecule has 1 heterocycles. The largest absolute Gasteiger partial charge is 0.318 e. The second-order valence-electron chi connectivity index (χ2n) is 5.62. The molecule has 0 aromatic rings. The second-order valence-corrected chi connectivity index (χ2v) is 5.62. The molecule has 16 heavy (non-hydrogen) atoms. The molecule has 94 valence electrons. The van der Waals surface area contributed by atoms with Crippen LogP contribution >= 0.6 is 0 Å². The quantitative estimate of drug-likeness (QED) is 0.777. The van der Waals surface area contributed by atoms with Crippen LogP contribution in [0.5, 0.6) is 0 Å². The highest BCUT2D eigenvalue weighted by atomic mass is 15.3. The summed E-state index contributed by atoms with van der Waals surface area (Å²) in [6.45, 7) is 6.00. The fourth-order valence-corrected chi connectivity index (χ4v) is 3.31. The maximum atomic E-state index is 3.33. The molecule has 0 spiro atoms. The zero-order valence-corrected chi connectivity index (χ0v) is 11.1. The zero-order chi connectivity index (χ0) is 11.5. The molecule has 3 nitrogen and oxygen atoms in total. The van der Waals surface area contributed by atoms with Crippen molar-refractivity contribution in [1.82, 2.24) is 15.1 Å². The van der Waals surface area contributed by atoms with Gasteiger partial charge in [0.2, 0.25) is 0 Å². The van der Waals surface area contributed by atoms with Crippen molar-refractivity contribution in [3.63, 3.8) is 0 Å². The minimum Gasteiger partial charge on any atom is -0.318 e. The van der Waals surface area contributed by atoms with Crippen LogP contribution in [0.15, 0.2) is 0 Å². The highest BCUT2D eigenvalue weighted by molar-refractivity contribution is 4.90. The van der Waals surface area contributed by atoms with E-state index in [0.717, 1.165) is 12.6 Å². The monoisotopic (exact) mass is 225 g/mol. The topological polar surface area (TPSA) is 18.5 Å². The highest BCUT2D eigenvalue weighted by Crippen LogP contribution is 2.26. The van der Waals surface area contributed by atoms with Gasteiger partial charge in [0, 0.05) is 37.8 Å². The molecule has 1 aliphatic carbocycles. The summed E-state index contributed by atoms with van der Waals surface area (Å²) in [7, 11) is 4.34. The molecule has 3 heteroatoms. The molecule has 2 fully saturated rings. The van der Waals surface area contributed by atoms with Crippen LogP contribution < -0.4 is 5.32 Å². The van der Waals surface area contributed by atoms with E-state index in [9.17, 15) is 0 Å². The molecule has 2 aliphatic rings. The van der Waals surface area contributed by atoms with Crippen LogP contribution in [0.3, 0.4) is 0 Å². The van der Waals surface area contributed by atoms with Gasteiger partial charge in [0.05, 0.1) is 0 Å². The predicted molar refractivity (Wildman–Crippen MR) is 68.8 cm³/mol. The first kappa shape index (κ1) is 12.3. The van der Waals surface area contributed by atoms with E-state index in [1.165, 1.54) is 38.8 Å². The van der Waals surface area contributed by atoms with E-state index in [4.69, 9.17) is 0 Å². The molecule has 0 aromatic heterocycles. The third kappa shape index (κ3) is 2.58. The van der Waals surface area contributed by atoms with Crippen molar-refractivity contribution >= 4 is 0 Å².